The summed E-state index contributed by atoms with van der Waals surface area (Å²) in [6, 6.07) is 1.55. The minimum atomic E-state index is -0.417. The molecule has 5 heteroatoms. The summed E-state index contributed by atoms with van der Waals surface area (Å²) in [4.78, 5) is 19.8. The van der Waals surface area contributed by atoms with Crippen molar-refractivity contribution in [3.63, 3.8) is 0 Å². The summed E-state index contributed by atoms with van der Waals surface area (Å²) in [5.41, 5.74) is 0.283. The van der Waals surface area contributed by atoms with Crippen molar-refractivity contribution in [1.29, 1.82) is 0 Å². The first-order chi connectivity index (χ1) is 8.49. The van der Waals surface area contributed by atoms with Crippen LogP contribution in [-0.2, 0) is 4.74 Å². The Labute approximate surface area is 108 Å². The Kier molecular flexibility index (Phi) is 5.55. The first kappa shape index (κ1) is 14.4. The largest absolute Gasteiger partial charge is 0.458 e. The summed E-state index contributed by atoms with van der Waals surface area (Å²) in [6.07, 6.45) is 2.44. The van der Waals surface area contributed by atoms with Gasteiger partial charge in [0, 0.05) is 12.7 Å². The maximum atomic E-state index is 11.6. The highest BCUT2D eigenvalue weighted by Gasteiger charge is 2.11. The second-order valence-electron chi connectivity index (χ2n) is 4.83. The molecule has 0 aliphatic carbocycles. The van der Waals surface area contributed by atoms with Gasteiger partial charge in [0.05, 0.1) is 6.10 Å². The first-order valence-corrected chi connectivity index (χ1v) is 6.27. The van der Waals surface area contributed by atoms with E-state index >= 15 is 0 Å². The van der Waals surface area contributed by atoms with Gasteiger partial charge in [-0.3, -0.25) is 0 Å². The number of nitrogens with one attached hydrogen (secondary N) is 1. The number of nitrogens with zero attached hydrogens (tertiary/aromatic N) is 2. The van der Waals surface area contributed by atoms with Crippen LogP contribution in [0.2, 0.25) is 0 Å². The van der Waals surface area contributed by atoms with Crippen molar-refractivity contribution in [3.05, 3.63) is 18.0 Å². The Morgan fingerprint density at radius 3 is 2.72 bits per heavy atom. The van der Waals surface area contributed by atoms with Gasteiger partial charge in [-0.1, -0.05) is 13.8 Å². The highest BCUT2D eigenvalue weighted by molar-refractivity contribution is 5.87. The van der Waals surface area contributed by atoms with Crippen molar-refractivity contribution in [3.8, 4) is 0 Å². The van der Waals surface area contributed by atoms with Crippen LogP contribution in [0.4, 0.5) is 5.95 Å². The highest BCUT2D eigenvalue weighted by atomic mass is 16.5. The fourth-order valence-corrected chi connectivity index (χ4v) is 1.30. The molecule has 1 N–H and O–H groups in total. The van der Waals surface area contributed by atoms with Crippen molar-refractivity contribution >= 4 is 11.9 Å². The second-order valence-corrected chi connectivity index (χ2v) is 4.83. The molecule has 0 unspecified atom stereocenters. The number of carbonyl (C=O) groups is 1. The Morgan fingerprint density at radius 1 is 1.39 bits per heavy atom. The number of ether oxygens (including phenoxy) is 1. The Bertz CT molecular complexity index is 392. The van der Waals surface area contributed by atoms with Gasteiger partial charge in [-0.25, -0.2) is 14.8 Å². The molecule has 0 fully saturated rings. The van der Waals surface area contributed by atoms with Gasteiger partial charge >= 0.3 is 5.97 Å². The molecule has 0 bridgehead atoms. The minimum Gasteiger partial charge on any atom is -0.458 e. The fourth-order valence-electron chi connectivity index (χ4n) is 1.30. The lowest BCUT2D eigenvalue weighted by Gasteiger charge is -2.09. The van der Waals surface area contributed by atoms with Crippen molar-refractivity contribution in [2.45, 2.75) is 40.2 Å². The molecule has 1 rings (SSSR count). The van der Waals surface area contributed by atoms with Crippen LogP contribution < -0.4 is 5.32 Å². The van der Waals surface area contributed by atoms with Gasteiger partial charge in [-0.05, 0) is 32.3 Å². The third kappa shape index (κ3) is 5.12. The predicted molar refractivity (Wildman–Crippen MR) is 70.5 cm³/mol. The number of esters is 1. The van der Waals surface area contributed by atoms with Crippen LogP contribution in [0.1, 0.15) is 44.6 Å². The van der Waals surface area contributed by atoms with Crippen molar-refractivity contribution < 1.29 is 9.53 Å². The zero-order chi connectivity index (χ0) is 13.5. The molecule has 5 nitrogen and oxygen atoms in total. The van der Waals surface area contributed by atoms with Crippen LogP contribution in [0.25, 0.3) is 0 Å². The predicted octanol–water partition coefficient (Wildman–Crippen LogP) is 2.50. The lowest BCUT2D eigenvalue weighted by Crippen LogP contribution is -2.15. The zero-order valence-corrected chi connectivity index (χ0v) is 11.4. The SMILES string of the molecule is CC(C)CCNc1nccc(C(=O)OC(C)C)n1. The molecule has 1 heterocycles. The van der Waals surface area contributed by atoms with Crippen LogP contribution in [0.15, 0.2) is 12.3 Å². The number of carbonyl (C=O) groups excluding carboxylic acids is 1. The topological polar surface area (TPSA) is 64.1 Å². The molecular weight excluding hydrogens is 230 g/mol. The standard InChI is InChI=1S/C13H21N3O2/c1-9(2)5-7-14-13-15-8-6-11(16-13)12(17)18-10(3)4/h6,8-10H,5,7H2,1-4H3,(H,14,15,16). The Hall–Kier alpha value is -1.65. The molecule has 1 aromatic heterocycles. The summed E-state index contributed by atoms with van der Waals surface area (Å²) in [6.45, 7) is 8.71. The van der Waals surface area contributed by atoms with Gasteiger partial charge in [-0.15, -0.1) is 0 Å². The summed E-state index contributed by atoms with van der Waals surface area (Å²) in [5.74, 6) is 0.666. The Morgan fingerprint density at radius 2 is 2.11 bits per heavy atom. The van der Waals surface area contributed by atoms with Crippen LogP contribution in [0, 0.1) is 5.92 Å². The van der Waals surface area contributed by atoms with Crippen LogP contribution in [0.3, 0.4) is 0 Å². The summed E-state index contributed by atoms with van der Waals surface area (Å²) in [7, 11) is 0. The molecule has 0 radical (unpaired) electrons. The quantitative estimate of drug-likeness (QED) is 0.787. The summed E-state index contributed by atoms with van der Waals surface area (Å²) in [5, 5.41) is 3.09. The van der Waals surface area contributed by atoms with Gasteiger partial charge in [-0.2, -0.15) is 0 Å². The molecule has 0 aliphatic rings. The smallest absolute Gasteiger partial charge is 0.357 e. The zero-order valence-electron chi connectivity index (χ0n) is 11.4. The average molecular weight is 251 g/mol. The van der Waals surface area contributed by atoms with E-state index in [1.165, 1.54) is 0 Å². The van der Waals surface area contributed by atoms with Crippen LogP contribution >= 0.6 is 0 Å². The first-order valence-electron chi connectivity index (χ1n) is 6.27. The molecule has 0 saturated carbocycles. The van der Waals surface area contributed by atoms with E-state index in [1.54, 1.807) is 26.1 Å². The van der Waals surface area contributed by atoms with E-state index in [4.69, 9.17) is 4.74 Å². The third-order valence-electron chi connectivity index (χ3n) is 2.21. The van der Waals surface area contributed by atoms with Crippen molar-refractivity contribution in [2.75, 3.05) is 11.9 Å². The molecule has 0 atom stereocenters. The van der Waals surface area contributed by atoms with Gasteiger partial charge in [0.25, 0.3) is 0 Å². The molecule has 0 aliphatic heterocycles. The van der Waals surface area contributed by atoms with E-state index in [1.807, 2.05) is 0 Å². The van der Waals surface area contributed by atoms with Crippen molar-refractivity contribution in [1.82, 2.24) is 9.97 Å². The van der Waals surface area contributed by atoms with Crippen molar-refractivity contribution in [2.24, 2.45) is 5.92 Å². The lowest BCUT2D eigenvalue weighted by molar-refractivity contribution is 0.0371. The van der Waals surface area contributed by atoms with E-state index in [-0.39, 0.29) is 11.8 Å². The van der Waals surface area contributed by atoms with E-state index in [0.29, 0.717) is 11.9 Å². The van der Waals surface area contributed by atoms with E-state index < -0.39 is 5.97 Å². The maximum Gasteiger partial charge on any atom is 0.357 e. The van der Waals surface area contributed by atoms with Crippen LogP contribution in [0.5, 0.6) is 0 Å². The van der Waals surface area contributed by atoms with E-state index in [2.05, 4.69) is 29.1 Å². The van der Waals surface area contributed by atoms with Crippen LogP contribution in [-0.4, -0.2) is 28.6 Å². The van der Waals surface area contributed by atoms with E-state index in [0.717, 1.165) is 13.0 Å². The minimum absolute atomic E-state index is 0.148. The molecule has 18 heavy (non-hydrogen) atoms. The summed E-state index contributed by atoms with van der Waals surface area (Å²) < 4.78 is 5.08. The Balaban J connectivity index is 2.59. The second kappa shape index (κ2) is 6.93. The van der Waals surface area contributed by atoms with Gasteiger partial charge in [0.15, 0.2) is 5.69 Å². The number of anilines is 1. The normalized spacial score (nSPS) is 10.8. The molecular formula is C13H21N3O2. The van der Waals surface area contributed by atoms with E-state index in [9.17, 15) is 4.79 Å². The fraction of sp³-hybridized carbons (Fsp3) is 0.615. The molecule has 0 spiro atoms. The maximum absolute atomic E-state index is 11.6. The average Bonchev–Trinajstić information content (AvgIpc) is 2.28. The lowest BCUT2D eigenvalue weighted by atomic mass is 10.1. The van der Waals surface area contributed by atoms with Gasteiger partial charge < -0.3 is 10.1 Å². The van der Waals surface area contributed by atoms with Gasteiger partial charge in [0.2, 0.25) is 5.95 Å². The molecule has 1 aromatic rings. The summed E-state index contributed by atoms with van der Waals surface area (Å²) >= 11 is 0. The number of hydrogen-bond acceptors (Lipinski definition) is 5. The number of aromatic nitrogens is 2. The molecule has 100 valence electrons. The highest BCUT2D eigenvalue weighted by Crippen LogP contribution is 2.05. The number of rotatable bonds is 6. The van der Waals surface area contributed by atoms with Gasteiger partial charge in [0.1, 0.15) is 0 Å². The molecule has 0 aromatic carbocycles. The molecule has 0 saturated heterocycles. The number of hydrogen-bond donors (Lipinski definition) is 1. The molecule has 0 amide bonds. The monoisotopic (exact) mass is 251 g/mol. The third-order valence-corrected chi connectivity index (χ3v) is 2.21.